The molecular formula is C13H18FN. The Hall–Kier alpha value is -0.890. The Bertz CT molecular complexity index is 335. The molecule has 1 aromatic rings. The van der Waals surface area contributed by atoms with Crippen molar-refractivity contribution in [1.82, 2.24) is 5.32 Å². The Kier molecular flexibility index (Phi) is 2.79. The highest BCUT2D eigenvalue weighted by Gasteiger charge is 2.27. The first-order valence-electron chi connectivity index (χ1n) is 5.58. The molecule has 1 N–H and O–H groups in total. The summed E-state index contributed by atoms with van der Waals surface area (Å²) in [5, 5.41) is 3.33. The Labute approximate surface area is 90.7 Å². The third-order valence-electron chi connectivity index (χ3n) is 3.10. The highest BCUT2D eigenvalue weighted by Crippen LogP contribution is 2.34. The molecule has 0 radical (unpaired) electrons. The zero-order chi connectivity index (χ0) is 10.9. The first-order chi connectivity index (χ1) is 7.09. The van der Waals surface area contributed by atoms with E-state index in [0.717, 1.165) is 25.1 Å². The maximum absolute atomic E-state index is 14.0. The highest BCUT2D eigenvalue weighted by molar-refractivity contribution is 5.35. The van der Waals surface area contributed by atoms with E-state index in [0.29, 0.717) is 5.92 Å². The summed E-state index contributed by atoms with van der Waals surface area (Å²) in [5.41, 5.74) is 0.785. The second-order valence-electron chi connectivity index (χ2n) is 4.75. The van der Waals surface area contributed by atoms with Gasteiger partial charge in [-0.3, -0.25) is 0 Å². The lowest BCUT2D eigenvalue weighted by Crippen LogP contribution is -2.16. The molecule has 0 aromatic heterocycles. The van der Waals surface area contributed by atoms with Crippen LogP contribution < -0.4 is 5.32 Å². The average molecular weight is 207 g/mol. The van der Waals surface area contributed by atoms with E-state index in [4.69, 9.17) is 0 Å². The van der Waals surface area contributed by atoms with Crippen molar-refractivity contribution < 1.29 is 4.39 Å². The summed E-state index contributed by atoms with van der Waals surface area (Å²) in [6.45, 7) is 5.29. The Morgan fingerprint density at radius 3 is 2.67 bits per heavy atom. The second kappa shape index (κ2) is 3.93. The SMILES string of the molecule is CC(C)(F)c1ccccc1C1CCNC1. The van der Waals surface area contributed by atoms with Crippen LogP contribution in [0.15, 0.2) is 24.3 Å². The monoisotopic (exact) mass is 207 g/mol. The van der Waals surface area contributed by atoms with E-state index in [1.54, 1.807) is 13.8 Å². The molecule has 1 aliphatic heterocycles. The van der Waals surface area contributed by atoms with Gasteiger partial charge in [0, 0.05) is 6.54 Å². The summed E-state index contributed by atoms with van der Waals surface area (Å²) in [6.07, 6.45) is 1.12. The first kappa shape index (κ1) is 10.6. The summed E-state index contributed by atoms with van der Waals surface area (Å²) in [6, 6.07) is 7.90. The number of hydrogen-bond acceptors (Lipinski definition) is 1. The second-order valence-corrected chi connectivity index (χ2v) is 4.75. The van der Waals surface area contributed by atoms with Crippen LogP contribution in [0.2, 0.25) is 0 Å². The topological polar surface area (TPSA) is 12.0 Å². The maximum atomic E-state index is 14.0. The van der Waals surface area contributed by atoms with Crippen LogP contribution in [0, 0.1) is 0 Å². The first-order valence-corrected chi connectivity index (χ1v) is 5.58. The van der Waals surface area contributed by atoms with E-state index in [1.165, 1.54) is 5.56 Å². The molecule has 0 aliphatic carbocycles. The zero-order valence-corrected chi connectivity index (χ0v) is 9.39. The molecule has 82 valence electrons. The van der Waals surface area contributed by atoms with Gasteiger partial charge in [0.1, 0.15) is 5.67 Å². The third kappa shape index (κ3) is 2.20. The van der Waals surface area contributed by atoms with E-state index >= 15 is 0 Å². The Balaban J connectivity index is 2.37. The van der Waals surface area contributed by atoms with Crippen LogP contribution in [0.4, 0.5) is 4.39 Å². The quantitative estimate of drug-likeness (QED) is 0.786. The lowest BCUT2D eigenvalue weighted by Gasteiger charge is -2.22. The van der Waals surface area contributed by atoms with Crippen molar-refractivity contribution in [2.24, 2.45) is 0 Å². The van der Waals surface area contributed by atoms with Gasteiger partial charge in [-0.25, -0.2) is 4.39 Å². The number of alkyl halides is 1. The summed E-state index contributed by atoms with van der Waals surface area (Å²) < 4.78 is 14.0. The molecule has 1 aromatic carbocycles. The van der Waals surface area contributed by atoms with Gasteiger partial charge >= 0.3 is 0 Å². The van der Waals surface area contributed by atoms with Gasteiger partial charge in [-0.1, -0.05) is 24.3 Å². The predicted molar refractivity (Wildman–Crippen MR) is 60.8 cm³/mol. The summed E-state index contributed by atoms with van der Waals surface area (Å²) in [4.78, 5) is 0. The molecule has 2 rings (SSSR count). The number of benzene rings is 1. The minimum absolute atomic E-state index is 0.483. The average Bonchev–Trinajstić information content (AvgIpc) is 2.69. The molecule has 0 saturated carbocycles. The predicted octanol–water partition coefficient (Wildman–Crippen LogP) is 2.97. The molecule has 0 bridgehead atoms. The van der Waals surface area contributed by atoms with E-state index in [1.807, 2.05) is 18.2 Å². The van der Waals surface area contributed by atoms with Gasteiger partial charge in [0.15, 0.2) is 0 Å². The number of rotatable bonds is 2. The van der Waals surface area contributed by atoms with Crippen molar-refractivity contribution in [3.05, 3.63) is 35.4 Å². The fourth-order valence-corrected chi connectivity index (χ4v) is 2.31. The van der Waals surface area contributed by atoms with Crippen LogP contribution >= 0.6 is 0 Å². The molecule has 1 nitrogen and oxygen atoms in total. The zero-order valence-electron chi connectivity index (χ0n) is 9.39. The van der Waals surface area contributed by atoms with Gasteiger partial charge in [-0.15, -0.1) is 0 Å². The molecule has 0 spiro atoms. The van der Waals surface area contributed by atoms with Crippen LogP contribution in [0.1, 0.15) is 37.3 Å². The van der Waals surface area contributed by atoms with E-state index < -0.39 is 5.67 Å². The highest BCUT2D eigenvalue weighted by atomic mass is 19.1. The van der Waals surface area contributed by atoms with Crippen LogP contribution in [-0.2, 0) is 5.67 Å². The Morgan fingerprint density at radius 2 is 2.07 bits per heavy atom. The minimum Gasteiger partial charge on any atom is -0.316 e. The number of hydrogen-bond donors (Lipinski definition) is 1. The minimum atomic E-state index is -1.24. The van der Waals surface area contributed by atoms with Crippen molar-refractivity contribution >= 4 is 0 Å². The standard InChI is InChI=1S/C13H18FN/c1-13(2,14)12-6-4-3-5-11(12)10-7-8-15-9-10/h3-6,10,15H,7-9H2,1-2H3. The number of halogens is 1. The molecule has 0 amide bonds. The molecule has 1 fully saturated rings. The molecule has 1 unspecified atom stereocenters. The lowest BCUT2D eigenvalue weighted by molar-refractivity contribution is 0.219. The number of nitrogens with one attached hydrogen (secondary N) is 1. The molecule has 15 heavy (non-hydrogen) atoms. The van der Waals surface area contributed by atoms with Gasteiger partial charge in [0.2, 0.25) is 0 Å². The van der Waals surface area contributed by atoms with Gasteiger partial charge in [0.05, 0.1) is 0 Å². The molecule has 1 aliphatic rings. The van der Waals surface area contributed by atoms with Crippen LogP contribution in [-0.4, -0.2) is 13.1 Å². The fourth-order valence-electron chi connectivity index (χ4n) is 2.31. The lowest BCUT2D eigenvalue weighted by atomic mass is 9.87. The smallest absolute Gasteiger partial charge is 0.130 e. The fraction of sp³-hybridized carbons (Fsp3) is 0.538. The van der Waals surface area contributed by atoms with Gasteiger partial charge in [0.25, 0.3) is 0 Å². The molecule has 1 atom stereocenters. The van der Waals surface area contributed by atoms with Crippen LogP contribution in [0.25, 0.3) is 0 Å². The third-order valence-corrected chi connectivity index (χ3v) is 3.10. The van der Waals surface area contributed by atoms with Gasteiger partial charge < -0.3 is 5.32 Å². The summed E-state index contributed by atoms with van der Waals surface area (Å²) >= 11 is 0. The van der Waals surface area contributed by atoms with Crippen molar-refractivity contribution in [3.8, 4) is 0 Å². The van der Waals surface area contributed by atoms with Crippen molar-refractivity contribution in [2.75, 3.05) is 13.1 Å². The van der Waals surface area contributed by atoms with E-state index in [9.17, 15) is 4.39 Å². The summed E-state index contributed by atoms with van der Waals surface area (Å²) in [5.74, 6) is 0.483. The van der Waals surface area contributed by atoms with Crippen molar-refractivity contribution in [3.63, 3.8) is 0 Å². The van der Waals surface area contributed by atoms with Gasteiger partial charge in [-0.05, 0) is 43.9 Å². The molecule has 1 heterocycles. The van der Waals surface area contributed by atoms with Crippen molar-refractivity contribution in [2.45, 2.75) is 31.9 Å². The molecular weight excluding hydrogens is 189 g/mol. The van der Waals surface area contributed by atoms with Crippen LogP contribution in [0.3, 0.4) is 0 Å². The van der Waals surface area contributed by atoms with Gasteiger partial charge in [-0.2, -0.15) is 0 Å². The molecule has 1 saturated heterocycles. The normalized spacial score (nSPS) is 21.9. The maximum Gasteiger partial charge on any atom is 0.130 e. The largest absolute Gasteiger partial charge is 0.316 e. The molecule has 2 heteroatoms. The van der Waals surface area contributed by atoms with E-state index in [2.05, 4.69) is 11.4 Å². The van der Waals surface area contributed by atoms with Crippen LogP contribution in [0.5, 0.6) is 0 Å². The van der Waals surface area contributed by atoms with E-state index in [-0.39, 0.29) is 0 Å². The Morgan fingerprint density at radius 1 is 1.33 bits per heavy atom. The summed E-state index contributed by atoms with van der Waals surface area (Å²) in [7, 11) is 0. The van der Waals surface area contributed by atoms with Crippen molar-refractivity contribution in [1.29, 1.82) is 0 Å².